The molecule has 1 heterocycles. The molecule has 0 aliphatic carbocycles. The van der Waals surface area contributed by atoms with E-state index in [1.165, 1.54) is 36.1 Å². The summed E-state index contributed by atoms with van der Waals surface area (Å²) in [5.41, 5.74) is 3.97. The second-order valence-electron chi connectivity index (χ2n) is 6.91. The molecule has 134 valence electrons. The number of piperazine rings is 1. The SMILES string of the molecule is CCCC[C@@H](c1ccc(NCc2ccccc2)cc1)N1CCNCC1. The minimum Gasteiger partial charge on any atom is -0.381 e. The quantitative estimate of drug-likeness (QED) is 0.746. The maximum atomic E-state index is 3.53. The average molecular weight is 338 g/mol. The molecule has 3 nitrogen and oxygen atoms in total. The van der Waals surface area contributed by atoms with E-state index < -0.39 is 0 Å². The monoisotopic (exact) mass is 337 g/mol. The first-order valence-corrected chi connectivity index (χ1v) is 9.69. The smallest absolute Gasteiger partial charge is 0.0400 e. The van der Waals surface area contributed by atoms with Crippen LogP contribution in [0.2, 0.25) is 0 Å². The van der Waals surface area contributed by atoms with Crippen LogP contribution in [0.15, 0.2) is 54.6 Å². The van der Waals surface area contributed by atoms with Crippen LogP contribution < -0.4 is 10.6 Å². The maximum absolute atomic E-state index is 3.53. The fourth-order valence-electron chi connectivity index (χ4n) is 3.57. The van der Waals surface area contributed by atoms with E-state index in [1.807, 2.05) is 0 Å². The highest BCUT2D eigenvalue weighted by Crippen LogP contribution is 2.28. The molecule has 0 bridgehead atoms. The van der Waals surface area contributed by atoms with Crippen molar-refractivity contribution in [1.29, 1.82) is 0 Å². The summed E-state index contributed by atoms with van der Waals surface area (Å²) in [6.45, 7) is 7.69. The standard InChI is InChI=1S/C22H31N3/c1-2-3-9-22(25-16-14-23-15-17-25)20-10-12-21(13-11-20)24-18-19-7-5-4-6-8-19/h4-8,10-13,22-24H,2-3,9,14-18H2,1H3/t22-/m0/s1. The Balaban J connectivity index is 1.63. The summed E-state index contributed by atoms with van der Waals surface area (Å²) in [6, 6.07) is 20.2. The van der Waals surface area contributed by atoms with Crippen LogP contribution >= 0.6 is 0 Å². The predicted octanol–water partition coefficient (Wildman–Crippen LogP) is 4.44. The molecule has 3 heteroatoms. The molecule has 0 radical (unpaired) electrons. The van der Waals surface area contributed by atoms with Gasteiger partial charge in [-0.25, -0.2) is 0 Å². The van der Waals surface area contributed by atoms with Gasteiger partial charge in [-0.05, 0) is 29.7 Å². The number of hydrogen-bond donors (Lipinski definition) is 2. The van der Waals surface area contributed by atoms with Crippen LogP contribution in [0, 0.1) is 0 Å². The number of nitrogens with zero attached hydrogens (tertiary/aromatic N) is 1. The van der Waals surface area contributed by atoms with Gasteiger partial charge >= 0.3 is 0 Å². The second kappa shape index (κ2) is 9.59. The molecular formula is C22H31N3. The highest BCUT2D eigenvalue weighted by atomic mass is 15.2. The van der Waals surface area contributed by atoms with E-state index in [0.717, 1.165) is 32.7 Å². The fraction of sp³-hybridized carbons (Fsp3) is 0.455. The summed E-state index contributed by atoms with van der Waals surface area (Å²) in [5.74, 6) is 0. The van der Waals surface area contributed by atoms with Crippen LogP contribution in [0.3, 0.4) is 0 Å². The largest absolute Gasteiger partial charge is 0.381 e. The van der Waals surface area contributed by atoms with Crippen molar-refractivity contribution in [1.82, 2.24) is 10.2 Å². The molecule has 3 rings (SSSR count). The summed E-state index contributed by atoms with van der Waals surface area (Å²) in [7, 11) is 0. The molecule has 0 spiro atoms. The topological polar surface area (TPSA) is 27.3 Å². The molecule has 1 aliphatic rings. The zero-order valence-electron chi connectivity index (χ0n) is 15.4. The third-order valence-electron chi connectivity index (χ3n) is 5.06. The highest BCUT2D eigenvalue weighted by molar-refractivity contribution is 5.45. The van der Waals surface area contributed by atoms with Crippen LogP contribution in [0.25, 0.3) is 0 Å². The maximum Gasteiger partial charge on any atom is 0.0400 e. The van der Waals surface area contributed by atoms with E-state index in [0.29, 0.717) is 6.04 Å². The molecule has 0 amide bonds. The van der Waals surface area contributed by atoms with Crippen molar-refractivity contribution in [2.45, 2.75) is 38.8 Å². The molecule has 0 unspecified atom stereocenters. The number of hydrogen-bond acceptors (Lipinski definition) is 3. The Kier molecular flexibility index (Phi) is 6.89. The summed E-state index contributed by atoms with van der Waals surface area (Å²) in [5, 5.41) is 6.99. The lowest BCUT2D eigenvalue weighted by Gasteiger charge is -2.35. The van der Waals surface area contributed by atoms with Gasteiger partial charge in [0.05, 0.1) is 0 Å². The third kappa shape index (κ3) is 5.32. The number of anilines is 1. The van der Waals surface area contributed by atoms with E-state index >= 15 is 0 Å². The molecule has 1 atom stereocenters. The van der Waals surface area contributed by atoms with Crippen molar-refractivity contribution in [3.8, 4) is 0 Å². The zero-order chi connectivity index (χ0) is 17.3. The molecule has 25 heavy (non-hydrogen) atoms. The van der Waals surface area contributed by atoms with Gasteiger partial charge in [-0.15, -0.1) is 0 Å². The van der Waals surface area contributed by atoms with Gasteiger partial charge in [0.25, 0.3) is 0 Å². The van der Waals surface area contributed by atoms with Gasteiger partial charge in [0.2, 0.25) is 0 Å². The Labute approximate surface area is 152 Å². The molecule has 0 aromatic heterocycles. The molecule has 2 aromatic rings. The van der Waals surface area contributed by atoms with Gasteiger partial charge < -0.3 is 10.6 Å². The van der Waals surface area contributed by atoms with Crippen molar-refractivity contribution < 1.29 is 0 Å². The van der Waals surface area contributed by atoms with Crippen LogP contribution in [-0.2, 0) is 6.54 Å². The van der Waals surface area contributed by atoms with E-state index in [9.17, 15) is 0 Å². The Morgan fingerprint density at radius 2 is 1.72 bits per heavy atom. The van der Waals surface area contributed by atoms with Crippen LogP contribution in [0.1, 0.15) is 43.4 Å². The minimum atomic E-state index is 0.560. The van der Waals surface area contributed by atoms with Crippen molar-refractivity contribution in [2.24, 2.45) is 0 Å². The lowest BCUT2D eigenvalue weighted by Crippen LogP contribution is -2.45. The summed E-state index contributed by atoms with van der Waals surface area (Å²) < 4.78 is 0. The molecule has 2 aromatic carbocycles. The van der Waals surface area contributed by atoms with Crippen LogP contribution in [-0.4, -0.2) is 31.1 Å². The van der Waals surface area contributed by atoms with Crippen molar-refractivity contribution in [3.05, 3.63) is 65.7 Å². The molecule has 2 N–H and O–H groups in total. The first-order chi connectivity index (χ1) is 12.4. The Hall–Kier alpha value is -1.84. The minimum absolute atomic E-state index is 0.560. The molecule has 1 aliphatic heterocycles. The van der Waals surface area contributed by atoms with Gasteiger partial charge in [-0.1, -0.05) is 62.2 Å². The Morgan fingerprint density at radius 3 is 2.40 bits per heavy atom. The van der Waals surface area contributed by atoms with Gasteiger partial charge in [0.15, 0.2) is 0 Å². The fourth-order valence-corrected chi connectivity index (χ4v) is 3.57. The molecular weight excluding hydrogens is 306 g/mol. The van der Waals surface area contributed by atoms with Crippen molar-refractivity contribution in [2.75, 3.05) is 31.5 Å². The summed E-state index contributed by atoms with van der Waals surface area (Å²) in [6.07, 6.45) is 3.81. The normalized spacial score (nSPS) is 16.5. The number of rotatable bonds is 8. The molecule has 1 fully saturated rings. The predicted molar refractivity (Wildman–Crippen MR) is 107 cm³/mol. The second-order valence-corrected chi connectivity index (χ2v) is 6.91. The van der Waals surface area contributed by atoms with E-state index in [-0.39, 0.29) is 0 Å². The van der Waals surface area contributed by atoms with Crippen LogP contribution in [0.4, 0.5) is 5.69 Å². The van der Waals surface area contributed by atoms with Crippen LogP contribution in [0.5, 0.6) is 0 Å². The highest BCUT2D eigenvalue weighted by Gasteiger charge is 2.21. The van der Waals surface area contributed by atoms with Gasteiger partial charge in [0, 0.05) is 44.5 Å². The first-order valence-electron chi connectivity index (χ1n) is 9.69. The molecule has 1 saturated heterocycles. The zero-order valence-corrected chi connectivity index (χ0v) is 15.4. The van der Waals surface area contributed by atoms with Crippen molar-refractivity contribution >= 4 is 5.69 Å². The third-order valence-corrected chi connectivity index (χ3v) is 5.06. The first kappa shape index (κ1) is 18.0. The summed E-state index contributed by atoms with van der Waals surface area (Å²) in [4.78, 5) is 2.65. The Morgan fingerprint density at radius 1 is 1.00 bits per heavy atom. The van der Waals surface area contributed by atoms with E-state index in [1.54, 1.807) is 0 Å². The molecule has 0 saturated carbocycles. The number of unbranched alkanes of at least 4 members (excludes halogenated alkanes) is 1. The lowest BCUT2D eigenvalue weighted by molar-refractivity contribution is 0.163. The van der Waals surface area contributed by atoms with E-state index in [4.69, 9.17) is 0 Å². The summed E-state index contributed by atoms with van der Waals surface area (Å²) >= 11 is 0. The number of benzene rings is 2. The average Bonchev–Trinajstić information content (AvgIpc) is 2.69. The lowest BCUT2D eigenvalue weighted by atomic mass is 9.98. The van der Waals surface area contributed by atoms with Gasteiger partial charge in [-0.2, -0.15) is 0 Å². The van der Waals surface area contributed by atoms with Gasteiger partial charge in [-0.3, -0.25) is 4.90 Å². The van der Waals surface area contributed by atoms with Crippen molar-refractivity contribution in [3.63, 3.8) is 0 Å². The van der Waals surface area contributed by atoms with Gasteiger partial charge in [0.1, 0.15) is 0 Å². The number of nitrogens with one attached hydrogen (secondary N) is 2. The van der Waals surface area contributed by atoms with E-state index in [2.05, 4.69) is 77.1 Å². The Bertz CT molecular complexity index is 603.